The van der Waals surface area contributed by atoms with Crippen LogP contribution in [-0.4, -0.2) is 35.8 Å². The molecule has 2 aromatic rings. The molecule has 0 bridgehead atoms. The van der Waals surface area contributed by atoms with Crippen LogP contribution in [0.3, 0.4) is 0 Å². The summed E-state index contributed by atoms with van der Waals surface area (Å²) in [6.07, 6.45) is 0. The Balaban J connectivity index is 0.00000420. The topological polar surface area (TPSA) is 201 Å². The van der Waals surface area contributed by atoms with E-state index in [-0.39, 0.29) is 64.7 Å². The van der Waals surface area contributed by atoms with E-state index in [1.54, 1.807) is 0 Å². The van der Waals surface area contributed by atoms with Gasteiger partial charge >= 0.3 is 70.5 Å². The van der Waals surface area contributed by atoms with E-state index in [9.17, 15) is 46.2 Å². The predicted molar refractivity (Wildman–Crippen MR) is 89.6 cm³/mol. The maximum Gasteiger partial charge on any atom is 1.00 e. The first-order valence-electron chi connectivity index (χ1n) is 6.99. The second kappa shape index (κ2) is 10.9. The van der Waals surface area contributed by atoms with Crippen LogP contribution in [0.5, 0.6) is 0 Å². The van der Waals surface area contributed by atoms with E-state index < -0.39 is 56.8 Å². The van der Waals surface area contributed by atoms with Gasteiger partial charge in [-0.2, -0.15) is 0 Å². The fourth-order valence-corrected chi connectivity index (χ4v) is 4.34. The van der Waals surface area contributed by atoms with Crippen LogP contribution in [0, 0.1) is 20.2 Å². The Bertz CT molecular complexity index is 1210. The summed E-state index contributed by atoms with van der Waals surface area (Å²) in [5.74, 6) is 0. The molecule has 0 saturated carbocycles. The van der Waals surface area contributed by atoms with E-state index in [1.165, 1.54) is 18.2 Å². The summed E-state index contributed by atoms with van der Waals surface area (Å²) >= 11 is 0. The zero-order chi connectivity index (χ0) is 21.3. The molecular weight excluding hydrogens is 466 g/mol. The Morgan fingerprint density at radius 2 is 1.20 bits per heavy atom. The van der Waals surface area contributed by atoms with Crippen LogP contribution in [-0.2, 0) is 20.2 Å². The maximum atomic E-state index is 11.6. The van der Waals surface area contributed by atoms with Crippen molar-refractivity contribution in [3.8, 4) is 0 Å². The third-order valence-corrected chi connectivity index (χ3v) is 5.34. The predicted octanol–water partition coefficient (Wildman–Crippen LogP) is -5.12. The van der Waals surface area contributed by atoms with E-state index in [2.05, 4.69) is 0 Å². The number of hydrogen-bond donors (Lipinski definition) is 0. The molecule has 2 aromatic carbocycles. The van der Waals surface area contributed by atoms with Gasteiger partial charge in [0.15, 0.2) is 0 Å². The molecule has 0 radical (unpaired) electrons. The first kappa shape index (κ1) is 28.8. The summed E-state index contributed by atoms with van der Waals surface area (Å²) < 4.78 is 68.8. The van der Waals surface area contributed by atoms with Crippen molar-refractivity contribution in [3.63, 3.8) is 0 Å². The van der Waals surface area contributed by atoms with Gasteiger partial charge in [-0.15, -0.1) is 0 Å². The smallest absolute Gasteiger partial charge is 0.744 e. The van der Waals surface area contributed by atoms with E-state index in [0.717, 1.165) is 18.2 Å². The summed E-state index contributed by atoms with van der Waals surface area (Å²) in [6.45, 7) is 0. The van der Waals surface area contributed by atoms with Crippen molar-refractivity contribution in [1.82, 2.24) is 0 Å². The van der Waals surface area contributed by atoms with Crippen LogP contribution < -0.4 is 59.1 Å². The van der Waals surface area contributed by atoms with Crippen molar-refractivity contribution >= 4 is 31.6 Å². The SMILES string of the molecule is O=[N+]([O-])C(=C(c1cccc(S(=O)(=O)[O-])c1S(=O)(=O)[O-])[N+](=O)[O-])c1ccccc1.[Na+].[Na+]. The Hall–Kier alpha value is -1.20. The average Bonchev–Trinajstić information content (AvgIpc) is 2.57. The number of nitro groups is 2. The van der Waals surface area contributed by atoms with E-state index in [4.69, 9.17) is 0 Å². The van der Waals surface area contributed by atoms with Crippen molar-refractivity contribution in [1.29, 1.82) is 0 Å². The Kier molecular flexibility index (Phi) is 10.5. The summed E-state index contributed by atoms with van der Waals surface area (Å²) in [7, 11) is -11.3. The summed E-state index contributed by atoms with van der Waals surface area (Å²) in [6, 6.07) is 8.13. The molecule has 0 atom stereocenters. The standard InChI is InChI=1S/C14H10N2O10S2.2Na/c17-15(18)12(9-5-2-1-3-6-9)13(16(19)20)10-7-4-8-11(27(21,22)23)14(10)28(24,25)26;;/h1-8H,(H,21,22,23)(H,24,25,26);;/q;2*+1/p-2. The van der Waals surface area contributed by atoms with Crippen LogP contribution in [0.2, 0.25) is 0 Å². The molecule has 0 aliphatic heterocycles. The molecule has 30 heavy (non-hydrogen) atoms. The van der Waals surface area contributed by atoms with Gasteiger partial charge in [-0.05, 0) is 24.3 Å². The fraction of sp³-hybridized carbons (Fsp3) is 0. The van der Waals surface area contributed by atoms with Crippen molar-refractivity contribution < 1.29 is 94.9 Å². The maximum absolute atomic E-state index is 11.6. The first-order valence-corrected chi connectivity index (χ1v) is 9.81. The van der Waals surface area contributed by atoms with Crippen molar-refractivity contribution in [2.24, 2.45) is 0 Å². The van der Waals surface area contributed by atoms with Crippen molar-refractivity contribution in [3.05, 3.63) is 79.9 Å². The molecule has 0 amide bonds. The molecule has 0 N–H and O–H groups in total. The molecule has 12 nitrogen and oxygen atoms in total. The first-order chi connectivity index (χ1) is 12.9. The van der Waals surface area contributed by atoms with Gasteiger partial charge in [0, 0.05) is 0 Å². The molecule has 16 heteroatoms. The molecule has 0 saturated heterocycles. The van der Waals surface area contributed by atoms with Gasteiger partial charge in [-0.3, -0.25) is 20.2 Å². The zero-order valence-corrected chi connectivity index (χ0v) is 21.0. The molecule has 0 aliphatic rings. The number of nitrogens with zero attached hydrogens (tertiary/aromatic N) is 2. The minimum Gasteiger partial charge on any atom is -0.744 e. The van der Waals surface area contributed by atoms with Gasteiger partial charge in [0.05, 0.1) is 30.8 Å². The number of benzene rings is 2. The normalized spacial score (nSPS) is 12.1. The Labute approximate surface area is 214 Å². The third-order valence-electron chi connectivity index (χ3n) is 3.39. The summed E-state index contributed by atoms with van der Waals surface area (Å²) in [4.78, 5) is 17.3. The summed E-state index contributed by atoms with van der Waals surface area (Å²) in [5.41, 5.74) is -4.16. The van der Waals surface area contributed by atoms with E-state index >= 15 is 0 Å². The zero-order valence-electron chi connectivity index (χ0n) is 15.4. The van der Waals surface area contributed by atoms with Crippen LogP contribution in [0.15, 0.2) is 58.3 Å². The summed E-state index contributed by atoms with van der Waals surface area (Å²) in [5, 5.41) is 23.1. The molecule has 0 unspecified atom stereocenters. The van der Waals surface area contributed by atoms with Crippen LogP contribution in [0.1, 0.15) is 11.1 Å². The van der Waals surface area contributed by atoms with Crippen LogP contribution in [0.25, 0.3) is 11.4 Å². The molecule has 0 fully saturated rings. The Morgan fingerprint density at radius 3 is 1.60 bits per heavy atom. The second-order valence-electron chi connectivity index (χ2n) is 5.12. The van der Waals surface area contributed by atoms with Crippen molar-refractivity contribution in [2.75, 3.05) is 0 Å². The minimum absolute atomic E-state index is 0. The Morgan fingerprint density at radius 1 is 0.700 bits per heavy atom. The van der Waals surface area contributed by atoms with Gasteiger partial charge < -0.3 is 9.11 Å². The van der Waals surface area contributed by atoms with Gasteiger partial charge in [0.2, 0.25) is 0 Å². The van der Waals surface area contributed by atoms with Crippen LogP contribution >= 0.6 is 0 Å². The molecule has 0 heterocycles. The molecule has 0 aromatic heterocycles. The van der Waals surface area contributed by atoms with Gasteiger partial charge in [0.25, 0.3) is 0 Å². The minimum atomic E-state index is -5.76. The van der Waals surface area contributed by atoms with Gasteiger partial charge in [0.1, 0.15) is 20.2 Å². The fourth-order valence-electron chi connectivity index (χ4n) is 2.39. The molecular formula is C14H8N2Na2O10S2. The third kappa shape index (κ3) is 6.40. The second-order valence-corrected chi connectivity index (χ2v) is 7.78. The molecule has 0 spiro atoms. The monoisotopic (exact) mass is 474 g/mol. The average molecular weight is 474 g/mol. The van der Waals surface area contributed by atoms with Gasteiger partial charge in [-0.1, -0.05) is 24.3 Å². The number of hydrogen-bond acceptors (Lipinski definition) is 10. The largest absolute Gasteiger partial charge is 1.00 e. The van der Waals surface area contributed by atoms with Crippen LogP contribution in [0.4, 0.5) is 0 Å². The van der Waals surface area contributed by atoms with E-state index in [0.29, 0.717) is 12.1 Å². The molecule has 0 aliphatic carbocycles. The van der Waals surface area contributed by atoms with E-state index in [1.807, 2.05) is 0 Å². The van der Waals surface area contributed by atoms with Gasteiger partial charge in [-0.25, -0.2) is 16.8 Å². The van der Waals surface area contributed by atoms with Crippen molar-refractivity contribution in [2.45, 2.75) is 9.79 Å². The molecule has 148 valence electrons. The quantitative estimate of drug-likeness (QED) is 0.128. The molecule has 2 rings (SSSR count). The number of rotatable bonds is 6.